The average Bonchev–Trinajstić information content (AvgIpc) is 2.51. The lowest BCUT2D eigenvalue weighted by Gasteiger charge is -2.54. The Labute approximate surface area is 146 Å². The van der Waals surface area contributed by atoms with Gasteiger partial charge in [0.2, 0.25) is 0 Å². The van der Waals surface area contributed by atoms with Crippen LogP contribution in [-0.4, -0.2) is 70.3 Å². The fourth-order valence-corrected chi connectivity index (χ4v) is 4.16. The summed E-state index contributed by atoms with van der Waals surface area (Å²) in [5, 5.41) is 0. The molecular weight excluding hydrogens is 300 g/mol. The van der Waals surface area contributed by atoms with E-state index >= 15 is 0 Å². The van der Waals surface area contributed by atoms with Crippen molar-refractivity contribution in [1.82, 2.24) is 9.80 Å². The van der Waals surface area contributed by atoms with Crippen molar-refractivity contribution in [3.63, 3.8) is 0 Å². The van der Waals surface area contributed by atoms with Gasteiger partial charge >= 0.3 is 0 Å². The van der Waals surface area contributed by atoms with Crippen molar-refractivity contribution in [1.29, 1.82) is 0 Å². The molecule has 1 aromatic rings. The summed E-state index contributed by atoms with van der Waals surface area (Å²) in [6.07, 6.45) is 2.58. The first kappa shape index (κ1) is 17.4. The highest BCUT2D eigenvalue weighted by Gasteiger charge is 2.44. The number of nitrogens with two attached hydrogens (primary N) is 1. The fraction of sp³-hybridized carbons (Fsp3) is 0.684. The molecule has 0 aromatic heterocycles. The summed E-state index contributed by atoms with van der Waals surface area (Å²) in [5.41, 5.74) is 9.82. The van der Waals surface area contributed by atoms with Crippen molar-refractivity contribution in [2.75, 3.05) is 71.1 Å². The Morgan fingerprint density at radius 3 is 2.46 bits per heavy atom. The summed E-state index contributed by atoms with van der Waals surface area (Å²) in [6.45, 7) is 9.32. The van der Waals surface area contributed by atoms with Crippen molar-refractivity contribution in [2.24, 2.45) is 5.41 Å². The summed E-state index contributed by atoms with van der Waals surface area (Å²) >= 11 is 0. The molecule has 2 heterocycles. The van der Waals surface area contributed by atoms with E-state index in [2.05, 4.69) is 41.8 Å². The van der Waals surface area contributed by atoms with Gasteiger partial charge in [-0.05, 0) is 50.9 Å². The highest BCUT2D eigenvalue weighted by Crippen LogP contribution is 2.42. The molecule has 2 N–H and O–H groups in total. The zero-order valence-electron chi connectivity index (χ0n) is 15.6. The number of nitrogen functional groups attached to an aromatic ring is 1. The van der Waals surface area contributed by atoms with Gasteiger partial charge in [-0.3, -0.25) is 0 Å². The number of rotatable bonds is 5. The molecular formula is C19H32N4O. The maximum Gasteiger partial charge on any atom is 0.143 e. The van der Waals surface area contributed by atoms with Gasteiger partial charge in [-0.15, -0.1) is 0 Å². The van der Waals surface area contributed by atoms with Crippen LogP contribution in [0.2, 0.25) is 0 Å². The zero-order valence-corrected chi connectivity index (χ0v) is 15.6. The number of nitrogens with zero attached hydrogens (tertiary/aromatic N) is 3. The number of anilines is 2. The van der Waals surface area contributed by atoms with E-state index in [0.717, 1.165) is 31.1 Å². The molecule has 0 aliphatic carbocycles. The van der Waals surface area contributed by atoms with Gasteiger partial charge in [-0.2, -0.15) is 0 Å². The van der Waals surface area contributed by atoms with Crippen LogP contribution in [-0.2, 0) is 0 Å². The Balaban J connectivity index is 1.57. The number of methoxy groups -OCH3 is 1. The van der Waals surface area contributed by atoms with E-state index in [1.165, 1.54) is 43.7 Å². The van der Waals surface area contributed by atoms with Gasteiger partial charge in [0.25, 0.3) is 0 Å². The van der Waals surface area contributed by atoms with Crippen LogP contribution >= 0.6 is 0 Å². The standard InChI is InChI=1S/C19H32N4O/c1-15-11-16(20)18(24-4)12-17(15)23-7-5-19(6-8-23)13-22(14-19)10-9-21(2)3/h11-12H,5-10,13-14,20H2,1-4H3. The predicted molar refractivity (Wildman–Crippen MR) is 101 cm³/mol. The van der Waals surface area contributed by atoms with Gasteiger partial charge in [-0.1, -0.05) is 0 Å². The smallest absolute Gasteiger partial charge is 0.143 e. The second-order valence-electron chi connectivity index (χ2n) is 7.88. The maximum atomic E-state index is 6.02. The Kier molecular flexibility index (Phi) is 4.92. The minimum atomic E-state index is 0.564. The molecule has 0 bridgehead atoms. The summed E-state index contributed by atoms with van der Waals surface area (Å²) in [5.74, 6) is 0.786. The maximum absolute atomic E-state index is 6.02. The lowest BCUT2D eigenvalue weighted by Crippen LogP contribution is -2.61. The molecule has 0 saturated carbocycles. The monoisotopic (exact) mass is 332 g/mol. The summed E-state index contributed by atoms with van der Waals surface area (Å²) in [7, 11) is 5.99. The molecule has 1 aromatic carbocycles. The molecule has 2 aliphatic heterocycles. The number of likely N-dealkylation sites (tertiary alicyclic amines) is 1. The van der Waals surface area contributed by atoms with Crippen LogP contribution < -0.4 is 15.4 Å². The summed E-state index contributed by atoms with van der Waals surface area (Å²) in [4.78, 5) is 7.38. The number of likely N-dealkylation sites (N-methyl/N-ethyl adjacent to an activating group) is 1. The molecule has 0 amide bonds. The molecule has 24 heavy (non-hydrogen) atoms. The molecule has 0 radical (unpaired) electrons. The number of benzene rings is 1. The molecule has 0 unspecified atom stereocenters. The quantitative estimate of drug-likeness (QED) is 0.836. The third kappa shape index (κ3) is 3.47. The minimum absolute atomic E-state index is 0.564. The number of hydrogen-bond acceptors (Lipinski definition) is 5. The van der Waals surface area contributed by atoms with Gasteiger partial charge in [0.05, 0.1) is 12.8 Å². The van der Waals surface area contributed by atoms with Crippen molar-refractivity contribution in [2.45, 2.75) is 19.8 Å². The molecule has 1 spiro atoms. The van der Waals surface area contributed by atoms with Crippen LogP contribution in [0, 0.1) is 12.3 Å². The van der Waals surface area contributed by atoms with E-state index in [1.54, 1.807) is 7.11 Å². The van der Waals surface area contributed by atoms with E-state index in [0.29, 0.717) is 5.41 Å². The molecule has 2 fully saturated rings. The van der Waals surface area contributed by atoms with Crippen molar-refractivity contribution in [3.8, 4) is 5.75 Å². The van der Waals surface area contributed by atoms with Gasteiger partial charge in [0.1, 0.15) is 5.75 Å². The van der Waals surface area contributed by atoms with E-state index in [1.807, 2.05) is 6.07 Å². The summed E-state index contributed by atoms with van der Waals surface area (Å²) in [6, 6.07) is 4.14. The van der Waals surface area contributed by atoms with Gasteiger partial charge in [-0.25, -0.2) is 0 Å². The Morgan fingerprint density at radius 2 is 1.88 bits per heavy atom. The van der Waals surface area contributed by atoms with Crippen molar-refractivity contribution >= 4 is 11.4 Å². The molecule has 5 nitrogen and oxygen atoms in total. The molecule has 2 aliphatic rings. The Hall–Kier alpha value is -1.46. The second-order valence-corrected chi connectivity index (χ2v) is 7.88. The molecule has 0 atom stereocenters. The van der Waals surface area contributed by atoms with Crippen molar-refractivity contribution in [3.05, 3.63) is 17.7 Å². The number of hydrogen-bond donors (Lipinski definition) is 1. The van der Waals surface area contributed by atoms with Crippen LogP contribution in [0.15, 0.2) is 12.1 Å². The first-order valence-corrected chi connectivity index (χ1v) is 8.99. The number of aryl methyl sites for hydroxylation is 1. The predicted octanol–water partition coefficient (Wildman–Crippen LogP) is 2.05. The van der Waals surface area contributed by atoms with Crippen LogP contribution in [0.5, 0.6) is 5.75 Å². The van der Waals surface area contributed by atoms with E-state index in [9.17, 15) is 0 Å². The third-order valence-electron chi connectivity index (χ3n) is 5.69. The lowest BCUT2D eigenvalue weighted by atomic mass is 9.72. The molecule has 5 heteroatoms. The highest BCUT2D eigenvalue weighted by molar-refractivity contribution is 5.66. The van der Waals surface area contributed by atoms with Crippen LogP contribution in [0.4, 0.5) is 11.4 Å². The topological polar surface area (TPSA) is 45.0 Å². The van der Waals surface area contributed by atoms with Gasteiger partial charge in [0, 0.05) is 51.0 Å². The Bertz CT molecular complexity index is 571. The van der Waals surface area contributed by atoms with Gasteiger partial charge < -0.3 is 25.2 Å². The van der Waals surface area contributed by atoms with Crippen LogP contribution in [0.25, 0.3) is 0 Å². The number of piperidine rings is 1. The lowest BCUT2D eigenvalue weighted by molar-refractivity contribution is -0.0207. The van der Waals surface area contributed by atoms with Crippen molar-refractivity contribution < 1.29 is 4.74 Å². The van der Waals surface area contributed by atoms with Crippen LogP contribution in [0.3, 0.4) is 0 Å². The van der Waals surface area contributed by atoms with E-state index in [-0.39, 0.29) is 0 Å². The average molecular weight is 332 g/mol. The summed E-state index contributed by atoms with van der Waals surface area (Å²) < 4.78 is 5.40. The minimum Gasteiger partial charge on any atom is -0.495 e. The molecule has 134 valence electrons. The van der Waals surface area contributed by atoms with Crippen LogP contribution in [0.1, 0.15) is 18.4 Å². The first-order chi connectivity index (χ1) is 11.4. The highest BCUT2D eigenvalue weighted by atomic mass is 16.5. The third-order valence-corrected chi connectivity index (χ3v) is 5.69. The molecule has 3 rings (SSSR count). The zero-order chi connectivity index (χ0) is 17.3. The second kappa shape index (κ2) is 6.81. The van der Waals surface area contributed by atoms with Gasteiger partial charge in [0.15, 0.2) is 0 Å². The fourth-order valence-electron chi connectivity index (χ4n) is 4.16. The Morgan fingerprint density at radius 1 is 1.21 bits per heavy atom. The SMILES string of the molecule is COc1cc(N2CCC3(CC2)CN(CCN(C)C)C3)c(C)cc1N. The van der Waals surface area contributed by atoms with E-state index in [4.69, 9.17) is 10.5 Å². The molecule has 2 saturated heterocycles. The normalized spacial score (nSPS) is 20.5. The van der Waals surface area contributed by atoms with E-state index < -0.39 is 0 Å². The number of ether oxygens (including phenoxy) is 1. The first-order valence-electron chi connectivity index (χ1n) is 8.99. The largest absolute Gasteiger partial charge is 0.495 e.